The van der Waals surface area contributed by atoms with Crippen molar-refractivity contribution in [1.82, 2.24) is 9.78 Å². The molecule has 3 rings (SSSR count). The van der Waals surface area contributed by atoms with Gasteiger partial charge in [0.15, 0.2) is 0 Å². The first-order valence-corrected chi connectivity index (χ1v) is 6.86. The van der Waals surface area contributed by atoms with E-state index in [4.69, 9.17) is 0 Å². The number of carboxylic acid groups (broad SMARTS) is 1. The lowest BCUT2D eigenvalue weighted by molar-refractivity contribution is -0.274. The Balaban J connectivity index is 1.89. The second-order valence-electron chi connectivity index (χ2n) is 5.04. The number of para-hydroxylation sites is 1. The van der Waals surface area contributed by atoms with Crippen LogP contribution in [0.2, 0.25) is 0 Å². The highest BCUT2D eigenvalue weighted by atomic mass is 19.4. The summed E-state index contributed by atoms with van der Waals surface area (Å²) < 4.78 is 41.8. The molecular formula is C16H11F3N2O3. The molecule has 1 N–H and O–H groups in total. The van der Waals surface area contributed by atoms with Gasteiger partial charge in [0.1, 0.15) is 5.75 Å². The van der Waals surface area contributed by atoms with Crippen molar-refractivity contribution in [2.75, 3.05) is 0 Å². The molecule has 0 unspecified atom stereocenters. The maximum absolute atomic E-state index is 12.1. The van der Waals surface area contributed by atoms with Gasteiger partial charge in [-0.2, -0.15) is 5.10 Å². The lowest BCUT2D eigenvalue weighted by atomic mass is 10.1. The van der Waals surface area contributed by atoms with Gasteiger partial charge < -0.3 is 9.84 Å². The van der Waals surface area contributed by atoms with Gasteiger partial charge in [0.05, 0.1) is 23.8 Å². The summed E-state index contributed by atoms with van der Waals surface area (Å²) >= 11 is 0. The molecule has 124 valence electrons. The molecule has 0 amide bonds. The molecule has 2 aromatic carbocycles. The fourth-order valence-electron chi connectivity index (χ4n) is 2.41. The zero-order valence-corrected chi connectivity index (χ0v) is 12.1. The number of ether oxygens (including phenoxy) is 1. The van der Waals surface area contributed by atoms with Crippen molar-refractivity contribution >= 4 is 16.9 Å². The Morgan fingerprint density at radius 1 is 1.17 bits per heavy atom. The van der Waals surface area contributed by atoms with Crippen molar-refractivity contribution in [2.24, 2.45) is 0 Å². The topological polar surface area (TPSA) is 64.3 Å². The highest BCUT2D eigenvalue weighted by Gasteiger charge is 2.30. The maximum atomic E-state index is 12.1. The minimum absolute atomic E-state index is 0.113. The fraction of sp³-hybridized carbons (Fsp3) is 0.125. The first-order chi connectivity index (χ1) is 11.3. The van der Waals surface area contributed by atoms with Crippen LogP contribution in [0.4, 0.5) is 13.2 Å². The molecule has 0 bridgehead atoms. The number of fused-ring (bicyclic) bond motifs is 1. The summed E-state index contributed by atoms with van der Waals surface area (Å²) in [6.07, 6.45) is -3.20. The van der Waals surface area contributed by atoms with E-state index in [1.54, 1.807) is 18.3 Å². The van der Waals surface area contributed by atoms with Crippen molar-refractivity contribution < 1.29 is 27.8 Å². The average molecular weight is 336 g/mol. The third kappa shape index (κ3) is 3.32. The van der Waals surface area contributed by atoms with Gasteiger partial charge in [-0.3, -0.25) is 4.68 Å². The van der Waals surface area contributed by atoms with E-state index in [-0.39, 0.29) is 17.9 Å². The van der Waals surface area contributed by atoms with Crippen molar-refractivity contribution in [3.63, 3.8) is 0 Å². The molecule has 0 aliphatic carbocycles. The molecule has 0 fully saturated rings. The quantitative estimate of drug-likeness (QED) is 0.789. The van der Waals surface area contributed by atoms with Crippen LogP contribution in [-0.4, -0.2) is 27.2 Å². The highest BCUT2D eigenvalue weighted by molar-refractivity contribution is 6.01. The van der Waals surface area contributed by atoms with Crippen LogP contribution in [0.25, 0.3) is 10.9 Å². The first kappa shape index (κ1) is 15.9. The Labute approximate surface area is 133 Å². The van der Waals surface area contributed by atoms with E-state index in [0.29, 0.717) is 16.5 Å². The van der Waals surface area contributed by atoms with Crippen LogP contribution in [0.3, 0.4) is 0 Å². The molecule has 0 atom stereocenters. The lowest BCUT2D eigenvalue weighted by Gasteiger charge is -2.10. The van der Waals surface area contributed by atoms with Gasteiger partial charge in [0.25, 0.3) is 0 Å². The van der Waals surface area contributed by atoms with E-state index < -0.39 is 12.3 Å². The number of nitrogens with zero attached hydrogens (tertiary/aromatic N) is 2. The average Bonchev–Trinajstić information content (AvgIpc) is 2.91. The molecule has 0 aliphatic rings. The maximum Gasteiger partial charge on any atom is 0.573 e. The van der Waals surface area contributed by atoms with Crippen LogP contribution in [0.15, 0.2) is 48.7 Å². The standard InChI is InChI=1S/C16H11F3N2O3/c17-16(18,19)24-12-6-4-10(5-7-12)9-21-14-11(8-20-21)2-1-3-13(14)15(22)23/h1-8H,9H2,(H,22,23). The fourth-order valence-corrected chi connectivity index (χ4v) is 2.41. The molecule has 24 heavy (non-hydrogen) atoms. The van der Waals surface area contributed by atoms with Crippen molar-refractivity contribution in [1.29, 1.82) is 0 Å². The number of hydrogen-bond acceptors (Lipinski definition) is 3. The number of rotatable bonds is 4. The SMILES string of the molecule is O=C(O)c1cccc2cnn(Cc3ccc(OC(F)(F)F)cc3)c12. The predicted molar refractivity (Wildman–Crippen MR) is 78.9 cm³/mol. The first-order valence-electron chi connectivity index (χ1n) is 6.86. The summed E-state index contributed by atoms with van der Waals surface area (Å²) in [5, 5.41) is 14.1. The van der Waals surface area contributed by atoms with Crippen LogP contribution >= 0.6 is 0 Å². The Kier molecular flexibility index (Phi) is 3.88. The van der Waals surface area contributed by atoms with E-state index in [0.717, 1.165) is 0 Å². The molecule has 0 saturated carbocycles. The van der Waals surface area contributed by atoms with E-state index in [1.807, 2.05) is 0 Å². The van der Waals surface area contributed by atoms with E-state index in [9.17, 15) is 23.1 Å². The van der Waals surface area contributed by atoms with Crippen LogP contribution in [0, 0.1) is 0 Å². The minimum Gasteiger partial charge on any atom is -0.478 e. The molecule has 0 radical (unpaired) electrons. The molecule has 1 heterocycles. The predicted octanol–water partition coefficient (Wildman–Crippen LogP) is 3.68. The van der Waals surface area contributed by atoms with Crippen LogP contribution in [0.5, 0.6) is 5.75 Å². The van der Waals surface area contributed by atoms with Crippen molar-refractivity contribution in [2.45, 2.75) is 12.9 Å². The molecule has 0 spiro atoms. The number of aromatic carboxylic acids is 1. The number of carboxylic acids is 1. The third-order valence-corrected chi connectivity index (χ3v) is 3.38. The molecule has 0 aliphatic heterocycles. The van der Waals surface area contributed by atoms with Gasteiger partial charge in [-0.15, -0.1) is 13.2 Å². The van der Waals surface area contributed by atoms with Crippen LogP contribution in [0.1, 0.15) is 15.9 Å². The molecular weight excluding hydrogens is 325 g/mol. The molecule has 8 heteroatoms. The van der Waals surface area contributed by atoms with Gasteiger partial charge >= 0.3 is 12.3 Å². The number of aromatic nitrogens is 2. The zero-order chi connectivity index (χ0) is 17.3. The van der Waals surface area contributed by atoms with Gasteiger partial charge in [-0.1, -0.05) is 24.3 Å². The number of alkyl halides is 3. The van der Waals surface area contributed by atoms with E-state index in [1.165, 1.54) is 35.0 Å². The second-order valence-corrected chi connectivity index (χ2v) is 5.04. The number of halogens is 3. The Hall–Kier alpha value is -3.03. The van der Waals surface area contributed by atoms with E-state index >= 15 is 0 Å². The van der Waals surface area contributed by atoms with Gasteiger partial charge in [0.2, 0.25) is 0 Å². The Morgan fingerprint density at radius 3 is 2.50 bits per heavy atom. The van der Waals surface area contributed by atoms with Gasteiger partial charge in [0, 0.05) is 5.39 Å². The summed E-state index contributed by atoms with van der Waals surface area (Å²) in [6.45, 7) is 0.222. The molecule has 3 aromatic rings. The summed E-state index contributed by atoms with van der Waals surface area (Å²) in [7, 11) is 0. The minimum atomic E-state index is -4.74. The summed E-state index contributed by atoms with van der Waals surface area (Å²) in [4.78, 5) is 11.3. The zero-order valence-electron chi connectivity index (χ0n) is 12.1. The third-order valence-electron chi connectivity index (χ3n) is 3.38. The molecule has 5 nitrogen and oxygen atoms in total. The Bertz CT molecular complexity index is 886. The molecule has 0 saturated heterocycles. The summed E-state index contributed by atoms with van der Waals surface area (Å²) in [5.41, 5.74) is 1.23. The monoisotopic (exact) mass is 336 g/mol. The number of hydrogen-bond donors (Lipinski definition) is 1. The van der Waals surface area contributed by atoms with Crippen LogP contribution < -0.4 is 4.74 Å². The largest absolute Gasteiger partial charge is 0.573 e. The number of benzene rings is 2. The van der Waals surface area contributed by atoms with Crippen molar-refractivity contribution in [3.05, 3.63) is 59.8 Å². The van der Waals surface area contributed by atoms with Crippen molar-refractivity contribution in [3.8, 4) is 5.75 Å². The Morgan fingerprint density at radius 2 is 1.88 bits per heavy atom. The number of carbonyl (C=O) groups is 1. The normalized spacial score (nSPS) is 11.6. The highest BCUT2D eigenvalue weighted by Crippen LogP contribution is 2.24. The lowest BCUT2D eigenvalue weighted by Crippen LogP contribution is -2.17. The van der Waals surface area contributed by atoms with E-state index in [2.05, 4.69) is 9.84 Å². The smallest absolute Gasteiger partial charge is 0.478 e. The van der Waals surface area contributed by atoms with Gasteiger partial charge in [-0.25, -0.2) is 4.79 Å². The van der Waals surface area contributed by atoms with Crippen LogP contribution in [-0.2, 0) is 6.54 Å². The summed E-state index contributed by atoms with van der Waals surface area (Å²) in [5.74, 6) is -1.39. The summed E-state index contributed by atoms with van der Waals surface area (Å²) in [6, 6.07) is 10.2. The molecule has 1 aromatic heterocycles. The van der Waals surface area contributed by atoms with Gasteiger partial charge in [-0.05, 0) is 23.8 Å². The second kappa shape index (κ2) is 5.88.